The number of rotatable bonds is 9. The van der Waals surface area contributed by atoms with Crippen molar-refractivity contribution in [2.75, 3.05) is 34.4 Å². The molecule has 0 saturated carbocycles. The molecule has 32 heavy (non-hydrogen) atoms. The van der Waals surface area contributed by atoms with E-state index in [0.717, 1.165) is 25.4 Å². The Bertz CT molecular complexity index is 998. The molecule has 0 atom stereocenters. The van der Waals surface area contributed by atoms with Gasteiger partial charge < -0.3 is 18.7 Å². The Labute approximate surface area is 189 Å². The Hall–Kier alpha value is -3.06. The van der Waals surface area contributed by atoms with Crippen molar-refractivity contribution < 1.29 is 18.7 Å². The maximum Gasteiger partial charge on any atom is 0.241 e. The number of hydrogen-bond acceptors (Lipinski definition) is 7. The molecule has 0 spiro atoms. The second-order valence-corrected chi connectivity index (χ2v) is 8.14. The monoisotopic (exact) mass is 437 g/mol. The van der Waals surface area contributed by atoms with Crippen molar-refractivity contribution in [3.05, 3.63) is 53.9 Å². The molecule has 1 saturated heterocycles. The summed E-state index contributed by atoms with van der Waals surface area (Å²) in [5.74, 6) is 3.50. The Morgan fingerprint density at radius 1 is 0.938 bits per heavy atom. The zero-order valence-corrected chi connectivity index (χ0v) is 19.0. The molecule has 1 aliphatic heterocycles. The molecule has 0 radical (unpaired) electrons. The first kappa shape index (κ1) is 22.1. The summed E-state index contributed by atoms with van der Waals surface area (Å²) in [5.41, 5.74) is 2.14. The van der Waals surface area contributed by atoms with Gasteiger partial charge in [-0.15, -0.1) is 0 Å². The average molecular weight is 438 g/mol. The van der Waals surface area contributed by atoms with E-state index in [-0.39, 0.29) is 0 Å². The Morgan fingerprint density at radius 2 is 1.69 bits per heavy atom. The highest BCUT2D eigenvalue weighted by Crippen LogP contribution is 2.43. The van der Waals surface area contributed by atoms with Crippen molar-refractivity contribution >= 4 is 0 Å². The maximum absolute atomic E-state index is 5.55. The molecule has 0 N–H and O–H groups in total. The quantitative estimate of drug-likeness (QED) is 0.484. The van der Waals surface area contributed by atoms with Gasteiger partial charge in [0.05, 0.1) is 33.4 Å². The third-order valence-corrected chi connectivity index (χ3v) is 6.16. The largest absolute Gasteiger partial charge is 0.493 e. The smallest absolute Gasteiger partial charge is 0.241 e. The van der Waals surface area contributed by atoms with Gasteiger partial charge in [0.25, 0.3) is 0 Å². The summed E-state index contributed by atoms with van der Waals surface area (Å²) in [6.45, 7) is 2.77. The average Bonchev–Trinajstić information content (AvgIpc) is 3.31. The Morgan fingerprint density at radius 3 is 2.38 bits per heavy atom. The number of nitrogens with zero attached hydrogens (tertiary/aromatic N) is 3. The number of aryl methyl sites for hydroxylation is 1. The van der Waals surface area contributed by atoms with E-state index in [1.165, 1.54) is 24.8 Å². The first-order valence-corrected chi connectivity index (χ1v) is 11.1. The van der Waals surface area contributed by atoms with Gasteiger partial charge in [-0.3, -0.25) is 4.90 Å². The molecule has 3 aromatic rings. The van der Waals surface area contributed by atoms with E-state index >= 15 is 0 Å². The van der Waals surface area contributed by atoms with Gasteiger partial charge in [0, 0.05) is 0 Å². The highest BCUT2D eigenvalue weighted by Gasteiger charge is 2.23. The van der Waals surface area contributed by atoms with Crippen LogP contribution in [0, 0.1) is 5.92 Å². The second kappa shape index (κ2) is 10.5. The van der Waals surface area contributed by atoms with Gasteiger partial charge >= 0.3 is 0 Å². The SMILES string of the molecule is COc1ccc(-c2noc(CN3CCC(CCc4ccccc4)CC3)n2)c(OC)c1OC. The summed E-state index contributed by atoms with van der Waals surface area (Å²) in [7, 11) is 4.76. The Kier molecular flexibility index (Phi) is 7.27. The van der Waals surface area contributed by atoms with Crippen molar-refractivity contribution in [1.29, 1.82) is 0 Å². The summed E-state index contributed by atoms with van der Waals surface area (Å²) in [5, 5.41) is 4.18. The first-order chi connectivity index (χ1) is 15.7. The van der Waals surface area contributed by atoms with E-state index in [4.69, 9.17) is 18.7 Å². The molecule has 1 aliphatic rings. The fourth-order valence-corrected chi connectivity index (χ4v) is 4.35. The number of hydrogen-bond donors (Lipinski definition) is 0. The van der Waals surface area contributed by atoms with Crippen molar-refractivity contribution in [3.63, 3.8) is 0 Å². The number of ether oxygens (including phenoxy) is 3. The molecule has 0 unspecified atom stereocenters. The lowest BCUT2D eigenvalue weighted by Crippen LogP contribution is -2.33. The number of methoxy groups -OCH3 is 3. The molecule has 2 heterocycles. The molecule has 0 aliphatic carbocycles. The maximum atomic E-state index is 5.55. The van der Waals surface area contributed by atoms with Crippen LogP contribution in [-0.2, 0) is 13.0 Å². The molecular formula is C25H31N3O4. The van der Waals surface area contributed by atoms with Crippen molar-refractivity contribution in [2.24, 2.45) is 5.92 Å². The van der Waals surface area contributed by atoms with Gasteiger partial charge in [0.2, 0.25) is 17.5 Å². The molecule has 7 heteroatoms. The van der Waals surface area contributed by atoms with Crippen molar-refractivity contribution in [3.8, 4) is 28.6 Å². The van der Waals surface area contributed by atoms with E-state index in [1.807, 2.05) is 12.1 Å². The number of aromatic nitrogens is 2. The molecule has 0 amide bonds. The van der Waals surface area contributed by atoms with Crippen LogP contribution < -0.4 is 14.2 Å². The standard InChI is InChI=1S/C25H31N3O4/c1-29-21-12-11-20(23(30-2)24(21)31-3)25-26-22(32-27-25)17-28-15-13-19(14-16-28)10-9-18-7-5-4-6-8-18/h4-8,11-12,19H,9-10,13-17H2,1-3H3. The van der Waals surface area contributed by atoms with Gasteiger partial charge in [-0.2, -0.15) is 4.98 Å². The van der Waals surface area contributed by atoms with Gasteiger partial charge in [-0.1, -0.05) is 35.5 Å². The normalized spacial score (nSPS) is 15.0. The number of benzene rings is 2. The molecule has 170 valence electrons. The third kappa shape index (κ3) is 5.05. The van der Waals surface area contributed by atoms with E-state index < -0.39 is 0 Å². The van der Waals surface area contributed by atoms with Crippen LogP contribution in [0.15, 0.2) is 47.0 Å². The van der Waals surface area contributed by atoms with Gasteiger partial charge in [0.1, 0.15) is 0 Å². The number of likely N-dealkylation sites (tertiary alicyclic amines) is 1. The fraction of sp³-hybridized carbons (Fsp3) is 0.440. The predicted molar refractivity (Wildman–Crippen MR) is 122 cm³/mol. The lowest BCUT2D eigenvalue weighted by Gasteiger charge is -2.30. The summed E-state index contributed by atoms with van der Waals surface area (Å²) in [4.78, 5) is 7.00. The summed E-state index contributed by atoms with van der Waals surface area (Å²) >= 11 is 0. The minimum atomic E-state index is 0.482. The molecule has 0 bridgehead atoms. The number of piperidine rings is 1. The molecule has 1 fully saturated rings. The van der Waals surface area contributed by atoms with Crippen LogP contribution in [-0.4, -0.2) is 49.5 Å². The molecule has 4 rings (SSSR count). The predicted octanol–water partition coefficient (Wildman–Crippen LogP) is 4.61. The zero-order chi connectivity index (χ0) is 22.3. The molecule has 1 aromatic heterocycles. The molecule has 2 aromatic carbocycles. The highest BCUT2D eigenvalue weighted by atomic mass is 16.5. The van der Waals surface area contributed by atoms with Gasteiger partial charge in [0.15, 0.2) is 11.5 Å². The van der Waals surface area contributed by atoms with Crippen LogP contribution in [0.4, 0.5) is 0 Å². The van der Waals surface area contributed by atoms with Crippen LogP contribution in [0.2, 0.25) is 0 Å². The lowest BCUT2D eigenvalue weighted by atomic mass is 9.90. The molecule has 7 nitrogen and oxygen atoms in total. The first-order valence-electron chi connectivity index (χ1n) is 11.1. The van der Waals surface area contributed by atoms with Gasteiger partial charge in [-0.05, 0) is 62.4 Å². The summed E-state index contributed by atoms with van der Waals surface area (Å²) < 4.78 is 21.9. The third-order valence-electron chi connectivity index (χ3n) is 6.16. The van der Waals surface area contributed by atoms with E-state index in [1.54, 1.807) is 21.3 Å². The van der Waals surface area contributed by atoms with E-state index in [9.17, 15) is 0 Å². The highest BCUT2D eigenvalue weighted by molar-refractivity contribution is 5.71. The zero-order valence-electron chi connectivity index (χ0n) is 19.0. The van der Waals surface area contributed by atoms with Crippen LogP contribution in [0.1, 0.15) is 30.7 Å². The molecular weight excluding hydrogens is 406 g/mol. The second-order valence-electron chi connectivity index (χ2n) is 8.14. The summed E-state index contributed by atoms with van der Waals surface area (Å²) in [6, 6.07) is 14.4. The van der Waals surface area contributed by atoms with Crippen molar-refractivity contribution in [2.45, 2.75) is 32.2 Å². The van der Waals surface area contributed by atoms with Crippen LogP contribution in [0.3, 0.4) is 0 Å². The van der Waals surface area contributed by atoms with E-state index in [2.05, 4.69) is 45.4 Å². The van der Waals surface area contributed by atoms with Crippen LogP contribution in [0.25, 0.3) is 11.4 Å². The summed E-state index contributed by atoms with van der Waals surface area (Å²) in [6.07, 6.45) is 4.82. The topological polar surface area (TPSA) is 69.9 Å². The van der Waals surface area contributed by atoms with E-state index in [0.29, 0.717) is 41.1 Å². The minimum Gasteiger partial charge on any atom is -0.493 e. The van der Waals surface area contributed by atoms with Crippen LogP contribution >= 0.6 is 0 Å². The minimum absolute atomic E-state index is 0.482. The Balaban J connectivity index is 1.34. The van der Waals surface area contributed by atoms with Crippen LogP contribution in [0.5, 0.6) is 17.2 Å². The van der Waals surface area contributed by atoms with Crippen molar-refractivity contribution in [1.82, 2.24) is 15.0 Å². The van der Waals surface area contributed by atoms with Gasteiger partial charge in [-0.25, -0.2) is 0 Å². The fourth-order valence-electron chi connectivity index (χ4n) is 4.35. The lowest BCUT2D eigenvalue weighted by molar-refractivity contribution is 0.155.